The van der Waals surface area contributed by atoms with Gasteiger partial charge in [-0.1, -0.05) is 0 Å². The molecule has 0 saturated carbocycles. The summed E-state index contributed by atoms with van der Waals surface area (Å²) in [5.74, 6) is -0.244. The predicted molar refractivity (Wildman–Crippen MR) is 122 cm³/mol. The molecule has 17 nitrogen and oxygen atoms in total. The molecule has 4 heterocycles. The zero-order chi connectivity index (χ0) is 27.4. The van der Waals surface area contributed by atoms with Crippen molar-refractivity contribution in [2.75, 3.05) is 24.3 Å². The van der Waals surface area contributed by atoms with E-state index >= 15 is 0 Å². The second kappa shape index (κ2) is 11.8. The van der Waals surface area contributed by atoms with Crippen molar-refractivity contribution in [1.82, 2.24) is 19.1 Å². The molecule has 0 bridgehead atoms. The van der Waals surface area contributed by atoms with E-state index in [2.05, 4.69) is 15.3 Å². The van der Waals surface area contributed by atoms with E-state index in [9.17, 15) is 34.8 Å². The maximum absolute atomic E-state index is 11.8. The van der Waals surface area contributed by atoms with Gasteiger partial charge in [-0.05, 0) is 12.1 Å². The standard InChI is InChI=1S/C11H15N3O6.C9H13N3O5/c1-5(16)12-7-2-3-14(11(19)13-7)10-9(18)8(17)6(4-15)20-10;10-5-1-2-12(9(16)11-5)8-7(15)6(14)4(3-13)17-8/h2-3,6,8-10,15,17-18H,4H2,1H3,(H,12,13,16,19);1-2,4,6-8,13-15H,3H2,(H2,10,11,16)/t6-,8-,9-,10-;4-,6-,7-,8-/m11/s1. The highest BCUT2D eigenvalue weighted by atomic mass is 16.6. The van der Waals surface area contributed by atoms with Crippen LogP contribution < -0.4 is 22.4 Å². The number of aliphatic hydroxyl groups excluding tert-OH is 6. The minimum Gasteiger partial charge on any atom is -0.394 e. The SMILES string of the molecule is CC(=O)Nc1ccn([C@@H]2O[C@H](CO)[C@@H](O)[C@H]2O)c(=O)n1.Nc1ccn([C@@H]2O[C@H](CO)[C@@H](O)[C@H]2O)c(=O)n1. The van der Waals surface area contributed by atoms with E-state index in [1.807, 2.05) is 0 Å². The summed E-state index contributed by atoms with van der Waals surface area (Å²) < 4.78 is 12.4. The average Bonchev–Trinajstić information content (AvgIpc) is 3.29. The van der Waals surface area contributed by atoms with E-state index in [4.69, 9.17) is 25.4 Å². The first kappa shape index (κ1) is 28.3. The lowest BCUT2D eigenvalue weighted by atomic mass is 10.1. The molecule has 4 rings (SSSR count). The number of carbonyl (C=O) groups excluding carboxylic acids is 1. The van der Waals surface area contributed by atoms with Crippen LogP contribution in [0.1, 0.15) is 19.4 Å². The summed E-state index contributed by atoms with van der Waals surface area (Å²) >= 11 is 0. The largest absolute Gasteiger partial charge is 0.394 e. The Labute approximate surface area is 208 Å². The van der Waals surface area contributed by atoms with Gasteiger partial charge in [0.15, 0.2) is 12.5 Å². The van der Waals surface area contributed by atoms with Crippen LogP contribution in [0.4, 0.5) is 11.6 Å². The molecule has 2 fully saturated rings. The molecule has 17 heteroatoms. The van der Waals surface area contributed by atoms with E-state index in [0.717, 1.165) is 9.13 Å². The third-order valence-corrected chi connectivity index (χ3v) is 5.57. The zero-order valence-corrected chi connectivity index (χ0v) is 19.4. The third kappa shape index (κ3) is 6.17. The Morgan fingerprint density at radius 3 is 1.73 bits per heavy atom. The lowest BCUT2D eigenvalue weighted by Gasteiger charge is -2.17. The van der Waals surface area contributed by atoms with Crippen LogP contribution >= 0.6 is 0 Å². The van der Waals surface area contributed by atoms with Gasteiger partial charge in [-0.2, -0.15) is 9.97 Å². The van der Waals surface area contributed by atoms with Gasteiger partial charge >= 0.3 is 11.4 Å². The number of nitrogen functional groups attached to an aromatic ring is 1. The van der Waals surface area contributed by atoms with Gasteiger partial charge in [0.05, 0.1) is 13.2 Å². The number of hydrogen-bond acceptors (Lipinski definition) is 14. The lowest BCUT2D eigenvalue weighted by molar-refractivity contribution is -0.114. The topological polar surface area (TPSA) is 265 Å². The van der Waals surface area contributed by atoms with Gasteiger partial charge in [0.2, 0.25) is 5.91 Å². The van der Waals surface area contributed by atoms with Crippen LogP contribution in [0.5, 0.6) is 0 Å². The summed E-state index contributed by atoms with van der Waals surface area (Å²) in [6, 6.07) is 2.73. The molecule has 9 N–H and O–H groups in total. The number of hydrogen-bond donors (Lipinski definition) is 8. The first-order valence-corrected chi connectivity index (χ1v) is 10.9. The molecule has 37 heavy (non-hydrogen) atoms. The van der Waals surface area contributed by atoms with Gasteiger partial charge < -0.3 is 51.2 Å². The number of aromatic nitrogens is 4. The smallest absolute Gasteiger partial charge is 0.351 e. The molecule has 2 saturated heterocycles. The molecule has 2 aromatic heterocycles. The third-order valence-electron chi connectivity index (χ3n) is 5.57. The number of rotatable bonds is 5. The summed E-state index contributed by atoms with van der Waals surface area (Å²) in [6.45, 7) is 0.339. The normalized spacial score (nSPS) is 31.0. The maximum Gasteiger partial charge on any atom is 0.351 e. The summed E-state index contributed by atoms with van der Waals surface area (Å²) in [5, 5.41) is 58.9. The number of anilines is 2. The van der Waals surface area contributed by atoms with Crippen LogP contribution in [-0.4, -0.2) is 105 Å². The van der Waals surface area contributed by atoms with Gasteiger partial charge in [-0.25, -0.2) is 9.59 Å². The Balaban J connectivity index is 0.000000208. The fourth-order valence-electron chi connectivity index (χ4n) is 3.70. The van der Waals surface area contributed by atoms with Crippen molar-refractivity contribution in [1.29, 1.82) is 0 Å². The minimum absolute atomic E-state index is 0.0537. The molecule has 0 aromatic carbocycles. The lowest BCUT2D eigenvalue weighted by Crippen LogP contribution is -2.36. The van der Waals surface area contributed by atoms with Crippen molar-refractivity contribution >= 4 is 17.5 Å². The molecule has 8 atom stereocenters. The van der Waals surface area contributed by atoms with Crippen molar-refractivity contribution in [2.24, 2.45) is 0 Å². The van der Waals surface area contributed by atoms with E-state index in [-0.39, 0.29) is 17.5 Å². The fourth-order valence-corrected chi connectivity index (χ4v) is 3.70. The van der Waals surface area contributed by atoms with Gasteiger partial charge in [0.1, 0.15) is 48.3 Å². The van der Waals surface area contributed by atoms with E-state index in [1.165, 1.54) is 31.5 Å². The molecule has 2 aliphatic rings. The first-order valence-electron chi connectivity index (χ1n) is 10.9. The van der Waals surface area contributed by atoms with Crippen molar-refractivity contribution in [3.63, 3.8) is 0 Å². The molecule has 0 aliphatic carbocycles. The Morgan fingerprint density at radius 1 is 0.892 bits per heavy atom. The summed E-state index contributed by atoms with van der Waals surface area (Å²) in [6.07, 6.45) is -6.77. The van der Waals surface area contributed by atoms with Gasteiger partial charge in [-0.15, -0.1) is 0 Å². The Bertz CT molecular complexity index is 1210. The second-order valence-electron chi connectivity index (χ2n) is 8.18. The first-order chi connectivity index (χ1) is 17.5. The zero-order valence-electron chi connectivity index (χ0n) is 19.4. The Hall–Kier alpha value is -3.29. The number of carbonyl (C=O) groups is 1. The van der Waals surface area contributed by atoms with Gasteiger partial charge in [-0.3, -0.25) is 13.9 Å². The minimum atomic E-state index is -1.36. The summed E-state index contributed by atoms with van der Waals surface area (Å²) in [4.78, 5) is 41.3. The van der Waals surface area contributed by atoms with Crippen LogP contribution in [0, 0.1) is 0 Å². The molecule has 1 amide bonds. The average molecular weight is 528 g/mol. The van der Waals surface area contributed by atoms with Crippen LogP contribution in [0.25, 0.3) is 0 Å². The Kier molecular flexibility index (Phi) is 9.05. The molecule has 0 radical (unpaired) electrons. The Morgan fingerprint density at radius 2 is 1.35 bits per heavy atom. The van der Waals surface area contributed by atoms with Crippen molar-refractivity contribution < 1.29 is 44.9 Å². The quantitative estimate of drug-likeness (QED) is 0.181. The van der Waals surface area contributed by atoms with E-state index < -0.39 is 73.7 Å². The van der Waals surface area contributed by atoms with Gasteiger partial charge in [0.25, 0.3) is 0 Å². The van der Waals surface area contributed by atoms with Crippen LogP contribution in [-0.2, 0) is 14.3 Å². The predicted octanol–water partition coefficient (Wildman–Crippen LogP) is -4.75. The highest BCUT2D eigenvalue weighted by molar-refractivity contribution is 5.87. The monoisotopic (exact) mass is 528 g/mol. The molecular formula is C20H28N6O11. The number of nitrogens with one attached hydrogen (secondary N) is 1. The van der Waals surface area contributed by atoms with E-state index in [0.29, 0.717) is 0 Å². The molecular weight excluding hydrogens is 500 g/mol. The number of ether oxygens (including phenoxy) is 2. The van der Waals surface area contributed by atoms with Gasteiger partial charge in [0, 0.05) is 19.3 Å². The second-order valence-corrected chi connectivity index (χ2v) is 8.18. The highest BCUT2D eigenvalue weighted by Crippen LogP contribution is 2.29. The van der Waals surface area contributed by atoms with Crippen LogP contribution in [0.3, 0.4) is 0 Å². The van der Waals surface area contributed by atoms with Crippen molar-refractivity contribution in [3.05, 3.63) is 45.5 Å². The number of aliphatic hydroxyl groups is 6. The maximum atomic E-state index is 11.8. The summed E-state index contributed by atoms with van der Waals surface area (Å²) in [5.41, 5.74) is 3.87. The molecule has 2 aliphatic heterocycles. The van der Waals surface area contributed by atoms with Crippen LogP contribution in [0.2, 0.25) is 0 Å². The number of nitrogens with zero attached hydrogens (tertiary/aromatic N) is 4. The number of nitrogens with two attached hydrogens (primary N) is 1. The number of amides is 1. The van der Waals surface area contributed by atoms with Crippen LogP contribution in [0.15, 0.2) is 34.1 Å². The fraction of sp³-hybridized carbons (Fsp3) is 0.550. The van der Waals surface area contributed by atoms with E-state index in [1.54, 1.807) is 0 Å². The van der Waals surface area contributed by atoms with Crippen molar-refractivity contribution in [3.8, 4) is 0 Å². The molecule has 0 unspecified atom stereocenters. The summed E-state index contributed by atoms with van der Waals surface area (Å²) in [7, 11) is 0. The van der Waals surface area contributed by atoms with Crippen molar-refractivity contribution in [2.45, 2.75) is 56.0 Å². The highest BCUT2D eigenvalue weighted by Gasteiger charge is 2.44. The molecule has 204 valence electrons. The molecule has 0 spiro atoms. The molecule has 2 aromatic rings.